The summed E-state index contributed by atoms with van der Waals surface area (Å²) in [7, 11) is -1.92. The van der Waals surface area contributed by atoms with Crippen LogP contribution in [0.4, 0.5) is 0 Å². The van der Waals surface area contributed by atoms with Gasteiger partial charge >= 0.3 is 0 Å². The SMILES string of the molecule is COc1ccc(S(=O)(=O)N2CCCCC2)cc1CCC(=O)N1CCC(C)CC1. The molecule has 0 unspecified atom stereocenters. The zero-order valence-corrected chi connectivity index (χ0v) is 17.8. The second-order valence-electron chi connectivity index (χ2n) is 8.00. The number of rotatable bonds is 6. The van der Waals surface area contributed by atoms with E-state index in [2.05, 4.69) is 6.92 Å². The van der Waals surface area contributed by atoms with E-state index in [1.54, 1.807) is 29.6 Å². The fourth-order valence-corrected chi connectivity index (χ4v) is 5.59. The van der Waals surface area contributed by atoms with Crippen LogP contribution in [0.1, 0.15) is 51.0 Å². The topological polar surface area (TPSA) is 66.9 Å². The molecule has 1 amide bonds. The Morgan fingerprint density at radius 1 is 1.11 bits per heavy atom. The Kier molecular flexibility index (Phi) is 6.99. The minimum atomic E-state index is -3.49. The van der Waals surface area contributed by atoms with Gasteiger partial charge in [0.25, 0.3) is 0 Å². The average molecular weight is 409 g/mol. The highest BCUT2D eigenvalue weighted by Gasteiger charge is 2.27. The minimum Gasteiger partial charge on any atom is -0.496 e. The third-order valence-electron chi connectivity index (χ3n) is 5.95. The number of aryl methyl sites for hydroxylation is 1. The molecule has 0 spiro atoms. The van der Waals surface area contributed by atoms with Gasteiger partial charge < -0.3 is 9.64 Å². The molecule has 156 valence electrons. The second kappa shape index (κ2) is 9.27. The smallest absolute Gasteiger partial charge is 0.243 e. The molecule has 0 atom stereocenters. The summed E-state index contributed by atoms with van der Waals surface area (Å²) < 4.78 is 32.9. The number of carbonyl (C=O) groups is 1. The number of sulfonamides is 1. The molecular weight excluding hydrogens is 376 g/mol. The number of likely N-dealkylation sites (tertiary alicyclic amines) is 1. The highest BCUT2D eigenvalue weighted by Crippen LogP contribution is 2.27. The summed E-state index contributed by atoms with van der Waals surface area (Å²) in [6.45, 7) is 5.02. The molecule has 0 aromatic heterocycles. The van der Waals surface area contributed by atoms with Crippen molar-refractivity contribution in [3.05, 3.63) is 23.8 Å². The Bertz CT molecular complexity index is 780. The molecule has 2 saturated heterocycles. The van der Waals surface area contributed by atoms with E-state index in [9.17, 15) is 13.2 Å². The van der Waals surface area contributed by atoms with Crippen LogP contribution in [0.2, 0.25) is 0 Å². The van der Waals surface area contributed by atoms with Crippen LogP contribution < -0.4 is 4.74 Å². The summed E-state index contributed by atoms with van der Waals surface area (Å²) in [6.07, 6.45) is 5.86. The molecule has 2 heterocycles. The molecule has 0 N–H and O–H groups in total. The van der Waals surface area contributed by atoms with Crippen LogP contribution in [0.3, 0.4) is 0 Å². The number of carbonyl (C=O) groups excluding carboxylic acids is 1. The second-order valence-corrected chi connectivity index (χ2v) is 9.94. The van der Waals surface area contributed by atoms with Gasteiger partial charge in [0.1, 0.15) is 5.75 Å². The molecule has 1 aromatic rings. The third-order valence-corrected chi connectivity index (χ3v) is 7.84. The first kappa shape index (κ1) is 21.1. The van der Waals surface area contributed by atoms with E-state index < -0.39 is 10.0 Å². The van der Waals surface area contributed by atoms with Gasteiger partial charge in [-0.2, -0.15) is 4.31 Å². The fraction of sp³-hybridized carbons (Fsp3) is 0.667. The maximum absolute atomic E-state index is 13.0. The zero-order valence-electron chi connectivity index (χ0n) is 17.0. The van der Waals surface area contributed by atoms with Crippen LogP contribution in [0.15, 0.2) is 23.1 Å². The number of amides is 1. The molecule has 28 heavy (non-hydrogen) atoms. The Hall–Kier alpha value is -1.60. The van der Waals surface area contributed by atoms with Crippen LogP contribution in [-0.2, 0) is 21.2 Å². The average Bonchev–Trinajstić information content (AvgIpc) is 2.73. The highest BCUT2D eigenvalue weighted by molar-refractivity contribution is 7.89. The summed E-state index contributed by atoms with van der Waals surface area (Å²) in [5, 5.41) is 0. The summed E-state index contributed by atoms with van der Waals surface area (Å²) in [4.78, 5) is 14.8. The van der Waals surface area contributed by atoms with Gasteiger partial charge in [-0.05, 0) is 61.8 Å². The molecule has 3 rings (SSSR count). The number of hydrogen-bond donors (Lipinski definition) is 0. The Morgan fingerprint density at radius 3 is 2.43 bits per heavy atom. The van der Waals surface area contributed by atoms with Crippen molar-refractivity contribution < 1.29 is 17.9 Å². The number of methoxy groups -OCH3 is 1. The Morgan fingerprint density at radius 2 is 1.79 bits per heavy atom. The zero-order chi connectivity index (χ0) is 20.1. The lowest BCUT2D eigenvalue weighted by Gasteiger charge is -2.30. The van der Waals surface area contributed by atoms with E-state index in [1.165, 1.54) is 0 Å². The maximum atomic E-state index is 13.0. The van der Waals surface area contributed by atoms with Crippen molar-refractivity contribution >= 4 is 15.9 Å². The molecule has 2 aliphatic rings. The van der Waals surface area contributed by atoms with Gasteiger partial charge in [0.05, 0.1) is 12.0 Å². The summed E-state index contributed by atoms with van der Waals surface area (Å²) in [5.74, 6) is 1.46. The predicted molar refractivity (Wildman–Crippen MR) is 109 cm³/mol. The van der Waals surface area contributed by atoms with E-state index >= 15 is 0 Å². The third kappa shape index (κ3) is 4.87. The first-order chi connectivity index (χ1) is 13.4. The van der Waals surface area contributed by atoms with Gasteiger partial charge in [0.15, 0.2) is 0 Å². The van der Waals surface area contributed by atoms with Crippen molar-refractivity contribution in [1.82, 2.24) is 9.21 Å². The van der Waals surface area contributed by atoms with Crippen molar-refractivity contribution in [1.29, 1.82) is 0 Å². The number of ether oxygens (including phenoxy) is 1. The quantitative estimate of drug-likeness (QED) is 0.726. The van der Waals surface area contributed by atoms with Crippen molar-refractivity contribution in [2.45, 2.75) is 56.8 Å². The van der Waals surface area contributed by atoms with Crippen LogP contribution in [-0.4, -0.2) is 56.8 Å². The monoisotopic (exact) mass is 408 g/mol. The summed E-state index contributed by atoms with van der Waals surface area (Å²) in [5.41, 5.74) is 0.777. The number of hydrogen-bond acceptors (Lipinski definition) is 4. The van der Waals surface area contributed by atoms with E-state index in [-0.39, 0.29) is 5.91 Å². The molecule has 1 aromatic carbocycles. The fourth-order valence-electron chi connectivity index (χ4n) is 4.02. The van der Waals surface area contributed by atoms with Gasteiger partial charge in [-0.15, -0.1) is 0 Å². The molecule has 0 aliphatic carbocycles. The molecule has 2 fully saturated rings. The van der Waals surface area contributed by atoms with Crippen LogP contribution in [0, 0.1) is 5.92 Å². The van der Waals surface area contributed by atoms with Gasteiger partial charge in [-0.25, -0.2) is 8.42 Å². The summed E-state index contributed by atoms with van der Waals surface area (Å²) in [6, 6.07) is 5.01. The highest BCUT2D eigenvalue weighted by atomic mass is 32.2. The van der Waals surface area contributed by atoms with Crippen molar-refractivity contribution in [3.63, 3.8) is 0 Å². The van der Waals surface area contributed by atoms with Gasteiger partial charge in [-0.3, -0.25) is 4.79 Å². The lowest BCUT2D eigenvalue weighted by molar-refractivity contribution is -0.132. The number of benzene rings is 1. The van der Waals surface area contributed by atoms with Crippen LogP contribution >= 0.6 is 0 Å². The molecule has 0 bridgehead atoms. The minimum absolute atomic E-state index is 0.137. The van der Waals surface area contributed by atoms with Crippen molar-refractivity contribution in [2.75, 3.05) is 33.3 Å². The number of piperidine rings is 2. The molecule has 7 heteroatoms. The summed E-state index contributed by atoms with van der Waals surface area (Å²) >= 11 is 0. The Balaban J connectivity index is 1.71. The van der Waals surface area contributed by atoms with E-state index in [4.69, 9.17) is 4.74 Å². The van der Waals surface area contributed by atoms with Gasteiger partial charge in [0.2, 0.25) is 15.9 Å². The van der Waals surface area contributed by atoms with E-state index in [1.807, 2.05) is 4.90 Å². The molecule has 6 nitrogen and oxygen atoms in total. The molecular formula is C21H32N2O4S. The Labute approximate surface area is 168 Å². The first-order valence-electron chi connectivity index (χ1n) is 10.4. The lowest BCUT2D eigenvalue weighted by atomic mass is 9.98. The van der Waals surface area contributed by atoms with Crippen LogP contribution in [0.5, 0.6) is 5.75 Å². The first-order valence-corrected chi connectivity index (χ1v) is 11.8. The largest absolute Gasteiger partial charge is 0.496 e. The normalized spacial score (nSPS) is 19.6. The number of nitrogens with zero attached hydrogens (tertiary/aromatic N) is 2. The van der Waals surface area contributed by atoms with Crippen molar-refractivity contribution in [3.8, 4) is 5.75 Å². The molecule has 2 aliphatic heterocycles. The van der Waals surface area contributed by atoms with E-state index in [0.29, 0.717) is 42.5 Å². The molecule has 0 radical (unpaired) electrons. The molecule has 0 saturated carbocycles. The maximum Gasteiger partial charge on any atom is 0.243 e. The van der Waals surface area contributed by atoms with Gasteiger partial charge in [-0.1, -0.05) is 13.3 Å². The van der Waals surface area contributed by atoms with E-state index in [0.717, 1.165) is 50.8 Å². The lowest BCUT2D eigenvalue weighted by Crippen LogP contribution is -2.38. The van der Waals surface area contributed by atoms with Gasteiger partial charge in [0, 0.05) is 32.6 Å². The van der Waals surface area contributed by atoms with Crippen LogP contribution in [0.25, 0.3) is 0 Å². The van der Waals surface area contributed by atoms with Crippen molar-refractivity contribution in [2.24, 2.45) is 5.92 Å². The standard InChI is InChI=1S/C21H32N2O4S/c1-17-10-14-22(15-11-17)21(24)9-6-18-16-19(7-8-20(18)27-2)28(25,26)23-12-4-3-5-13-23/h7-8,16-17H,3-6,9-15H2,1-2H3. The predicted octanol–water partition coefficient (Wildman–Crippen LogP) is 3.06.